The lowest BCUT2D eigenvalue weighted by Crippen LogP contribution is -2.43. The van der Waals surface area contributed by atoms with Crippen molar-refractivity contribution in [1.29, 1.82) is 0 Å². The molecule has 114 valence electrons. The van der Waals surface area contributed by atoms with Crippen LogP contribution in [0.5, 0.6) is 0 Å². The number of likely N-dealkylation sites (N-methyl/N-ethyl adjacent to an activating group) is 1. The van der Waals surface area contributed by atoms with Crippen molar-refractivity contribution in [2.24, 2.45) is 11.3 Å². The molecule has 1 saturated carbocycles. The van der Waals surface area contributed by atoms with Gasteiger partial charge in [0.25, 0.3) is 0 Å². The molecule has 2 heteroatoms. The van der Waals surface area contributed by atoms with Gasteiger partial charge in [0.2, 0.25) is 0 Å². The Balaban J connectivity index is 2.39. The van der Waals surface area contributed by atoms with Crippen molar-refractivity contribution in [3.8, 4) is 0 Å². The van der Waals surface area contributed by atoms with Gasteiger partial charge in [-0.05, 0) is 50.6 Å². The maximum Gasteiger partial charge on any atom is 0.0166 e. The van der Waals surface area contributed by atoms with Crippen LogP contribution in [0.3, 0.4) is 0 Å². The summed E-state index contributed by atoms with van der Waals surface area (Å²) in [6.07, 6.45) is 7.17. The summed E-state index contributed by atoms with van der Waals surface area (Å²) in [6, 6.07) is 0.615. The Labute approximate surface area is 121 Å². The summed E-state index contributed by atoms with van der Waals surface area (Å²) in [6.45, 7) is 16.4. The summed E-state index contributed by atoms with van der Waals surface area (Å²) in [5.41, 5.74) is 0.603. The highest BCUT2D eigenvalue weighted by atomic mass is 15.1. The van der Waals surface area contributed by atoms with E-state index in [1.807, 2.05) is 0 Å². The molecule has 0 bridgehead atoms. The van der Waals surface area contributed by atoms with Gasteiger partial charge in [-0.3, -0.25) is 0 Å². The van der Waals surface area contributed by atoms with Crippen LogP contribution in [0.4, 0.5) is 0 Å². The van der Waals surface area contributed by atoms with E-state index in [4.69, 9.17) is 0 Å². The minimum atomic E-state index is 0.603. The highest BCUT2D eigenvalue weighted by Crippen LogP contribution is 2.42. The van der Waals surface area contributed by atoms with Gasteiger partial charge in [0.05, 0.1) is 0 Å². The van der Waals surface area contributed by atoms with Crippen molar-refractivity contribution in [3.63, 3.8) is 0 Å². The Hall–Kier alpha value is -0.0800. The zero-order valence-electron chi connectivity index (χ0n) is 14.0. The topological polar surface area (TPSA) is 15.3 Å². The van der Waals surface area contributed by atoms with Gasteiger partial charge in [-0.2, -0.15) is 0 Å². The van der Waals surface area contributed by atoms with Gasteiger partial charge in [0, 0.05) is 19.1 Å². The van der Waals surface area contributed by atoms with Crippen molar-refractivity contribution < 1.29 is 0 Å². The van der Waals surface area contributed by atoms with Crippen molar-refractivity contribution in [1.82, 2.24) is 10.2 Å². The molecule has 0 saturated heterocycles. The molecule has 1 N–H and O–H groups in total. The molecule has 0 aromatic rings. The zero-order valence-corrected chi connectivity index (χ0v) is 14.0. The fourth-order valence-corrected chi connectivity index (χ4v) is 3.77. The Kier molecular flexibility index (Phi) is 7.38. The summed E-state index contributed by atoms with van der Waals surface area (Å²) < 4.78 is 0. The van der Waals surface area contributed by atoms with Crippen LogP contribution in [0.25, 0.3) is 0 Å². The fraction of sp³-hybridized carbons (Fsp3) is 1.00. The highest BCUT2D eigenvalue weighted by molar-refractivity contribution is 4.88. The van der Waals surface area contributed by atoms with E-state index in [1.54, 1.807) is 0 Å². The van der Waals surface area contributed by atoms with Crippen molar-refractivity contribution in [2.75, 3.05) is 26.2 Å². The lowest BCUT2D eigenvalue weighted by molar-refractivity contribution is 0.201. The SMILES string of the molecule is CCN(CC)CC(C)NCC1(CC(C)C)CCCC1. The first-order chi connectivity index (χ1) is 9.01. The summed E-state index contributed by atoms with van der Waals surface area (Å²) in [5, 5.41) is 3.83. The minimum Gasteiger partial charge on any atom is -0.312 e. The van der Waals surface area contributed by atoms with Gasteiger partial charge in [0.15, 0.2) is 0 Å². The molecule has 1 atom stereocenters. The molecule has 1 fully saturated rings. The second-order valence-electron chi connectivity index (χ2n) is 7.07. The number of nitrogens with zero attached hydrogens (tertiary/aromatic N) is 1. The lowest BCUT2D eigenvalue weighted by atomic mass is 9.78. The fourth-order valence-electron chi connectivity index (χ4n) is 3.77. The van der Waals surface area contributed by atoms with E-state index < -0.39 is 0 Å². The third-order valence-electron chi connectivity index (χ3n) is 4.76. The number of nitrogens with one attached hydrogen (secondary N) is 1. The van der Waals surface area contributed by atoms with Gasteiger partial charge < -0.3 is 10.2 Å². The van der Waals surface area contributed by atoms with Crippen LogP contribution in [0.2, 0.25) is 0 Å². The monoisotopic (exact) mass is 268 g/mol. The van der Waals surface area contributed by atoms with E-state index in [-0.39, 0.29) is 0 Å². The highest BCUT2D eigenvalue weighted by Gasteiger charge is 2.34. The van der Waals surface area contributed by atoms with Crippen LogP contribution in [0.15, 0.2) is 0 Å². The Bertz CT molecular complexity index is 227. The Morgan fingerprint density at radius 1 is 1.05 bits per heavy atom. The molecule has 0 amide bonds. The van der Waals surface area contributed by atoms with E-state index >= 15 is 0 Å². The largest absolute Gasteiger partial charge is 0.312 e. The van der Waals surface area contributed by atoms with E-state index in [2.05, 4.69) is 44.8 Å². The van der Waals surface area contributed by atoms with Crippen molar-refractivity contribution in [3.05, 3.63) is 0 Å². The van der Waals surface area contributed by atoms with Crippen molar-refractivity contribution >= 4 is 0 Å². The van der Waals surface area contributed by atoms with Crippen LogP contribution in [0, 0.1) is 11.3 Å². The van der Waals surface area contributed by atoms with Gasteiger partial charge in [-0.1, -0.05) is 40.5 Å². The first kappa shape index (κ1) is 17.0. The third-order valence-corrected chi connectivity index (χ3v) is 4.76. The molecule has 0 spiro atoms. The van der Waals surface area contributed by atoms with Crippen LogP contribution in [0.1, 0.15) is 66.7 Å². The second-order valence-corrected chi connectivity index (χ2v) is 7.07. The Morgan fingerprint density at radius 3 is 2.11 bits per heavy atom. The minimum absolute atomic E-state index is 0.603. The maximum absolute atomic E-state index is 3.83. The molecule has 1 aliphatic carbocycles. The molecule has 2 nitrogen and oxygen atoms in total. The molecule has 0 radical (unpaired) electrons. The molecular formula is C17H36N2. The first-order valence-electron chi connectivity index (χ1n) is 8.47. The molecular weight excluding hydrogens is 232 g/mol. The van der Waals surface area contributed by atoms with Crippen LogP contribution in [-0.4, -0.2) is 37.1 Å². The van der Waals surface area contributed by atoms with Gasteiger partial charge in [-0.25, -0.2) is 0 Å². The molecule has 1 unspecified atom stereocenters. The molecule has 0 heterocycles. The van der Waals surface area contributed by atoms with Crippen LogP contribution < -0.4 is 5.32 Å². The summed E-state index contributed by atoms with van der Waals surface area (Å²) in [5.74, 6) is 0.831. The second kappa shape index (κ2) is 8.26. The average molecular weight is 268 g/mol. The van der Waals surface area contributed by atoms with Gasteiger partial charge in [0.1, 0.15) is 0 Å². The molecule has 19 heavy (non-hydrogen) atoms. The van der Waals surface area contributed by atoms with Crippen molar-refractivity contribution in [2.45, 2.75) is 72.8 Å². The first-order valence-corrected chi connectivity index (χ1v) is 8.47. The standard InChI is InChI=1S/C17H36N2/c1-6-19(7-2)13-16(5)18-14-17(12-15(3)4)10-8-9-11-17/h15-16,18H,6-14H2,1-5H3. The predicted octanol–water partition coefficient (Wildman–Crippen LogP) is 3.91. The molecule has 0 aliphatic heterocycles. The van der Waals surface area contributed by atoms with Crippen LogP contribution in [-0.2, 0) is 0 Å². The quantitative estimate of drug-likeness (QED) is 0.682. The maximum atomic E-state index is 3.83. The normalized spacial score (nSPS) is 20.4. The number of hydrogen-bond acceptors (Lipinski definition) is 2. The molecule has 1 aliphatic rings. The Morgan fingerprint density at radius 2 is 1.63 bits per heavy atom. The number of rotatable bonds is 9. The zero-order chi connectivity index (χ0) is 14.3. The summed E-state index contributed by atoms with van der Waals surface area (Å²) in [4.78, 5) is 2.52. The third kappa shape index (κ3) is 5.83. The molecule has 0 aromatic carbocycles. The van der Waals surface area contributed by atoms with Gasteiger partial charge >= 0.3 is 0 Å². The van der Waals surface area contributed by atoms with Crippen LogP contribution >= 0.6 is 0 Å². The summed E-state index contributed by atoms with van der Waals surface area (Å²) >= 11 is 0. The molecule has 0 aromatic heterocycles. The van der Waals surface area contributed by atoms with E-state index in [0.717, 1.165) is 5.92 Å². The summed E-state index contributed by atoms with van der Waals surface area (Å²) in [7, 11) is 0. The van der Waals surface area contributed by atoms with E-state index in [9.17, 15) is 0 Å². The van der Waals surface area contributed by atoms with Gasteiger partial charge in [-0.15, -0.1) is 0 Å². The average Bonchev–Trinajstić information content (AvgIpc) is 2.81. The predicted molar refractivity (Wildman–Crippen MR) is 85.6 cm³/mol. The number of hydrogen-bond donors (Lipinski definition) is 1. The van der Waals surface area contributed by atoms with E-state index in [0.29, 0.717) is 11.5 Å². The van der Waals surface area contributed by atoms with E-state index in [1.165, 1.54) is 58.3 Å². The lowest BCUT2D eigenvalue weighted by Gasteiger charge is -2.33. The molecule has 1 rings (SSSR count). The smallest absolute Gasteiger partial charge is 0.0166 e.